The standard InChI is InChI=1S/C24H26N4O3/c1-18-3-5-19(6-4-18)7-12-23(29)28-15-13-27(14-16-28)17-22-25-24(26-31-22)20-8-10-21(30-2)11-9-20/h3-12H,13-17H2,1-2H3. The number of nitrogens with zero attached hydrogens (tertiary/aromatic N) is 4. The number of ether oxygens (including phenoxy) is 1. The smallest absolute Gasteiger partial charge is 0.246 e. The molecule has 4 rings (SSSR count). The Labute approximate surface area is 181 Å². The molecule has 0 saturated carbocycles. The molecule has 0 unspecified atom stereocenters. The molecule has 31 heavy (non-hydrogen) atoms. The fraction of sp³-hybridized carbons (Fsp3) is 0.292. The highest BCUT2D eigenvalue weighted by Gasteiger charge is 2.21. The van der Waals surface area contributed by atoms with Gasteiger partial charge in [-0.3, -0.25) is 9.69 Å². The molecule has 1 amide bonds. The maximum atomic E-state index is 12.5. The SMILES string of the molecule is COc1ccc(-c2noc(CN3CCN(C(=O)C=Cc4ccc(C)cc4)CC3)n2)cc1. The van der Waals surface area contributed by atoms with Gasteiger partial charge >= 0.3 is 0 Å². The Hall–Kier alpha value is -3.45. The third-order valence-corrected chi connectivity index (χ3v) is 5.35. The van der Waals surface area contributed by atoms with Crippen molar-refractivity contribution in [1.82, 2.24) is 19.9 Å². The lowest BCUT2D eigenvalue weighted by Gasteiger charge is -2.33. The molecule has 2 heterocycles. The Kier molecular flexibility index (Phi) is 6.43. The first-order valence-corrected chi connectivity index (χ1v) is 10.3. The molecule has 0 bridgehead atoms. The number of amides is 1. The lowest BCUT2D eigenvalue weighted by molar-refractivity contribution is -0.127. The van der Waals surface area contributed by atoms with Gasteiger partial charge in [-0.05, 0) is 42.8 Å². The highest BCUT2D eigenvalue weighted by atomic mass is 16.5. The molecule has 1 aliphatic rings. The van der Waals surface area contributed by atoms with E-state index in [1.54, 1.807) is 13.2 Å². The van der Waals surface area contributed by atoms with E-state index < -0.39 is 0 Å². The maximum Gasteiger partial charge on any atom is 0.246 e. The highest BCUT2D eigenvalue weighted by Crippen LogP contribution is 2.20. The quantitative estimate of drug-likeness (QED) is 0.572. The van der Waals surface area contributed by atoms with E-state index in [1.165, 1.54) is 5.56 Å². The highest BCUT2D eigenvalue weighted by molar-refractivity contribution is 5.91. The monoisotopic (exact) mass is 418 g/mol. The minimum Gasteiger partial charge on any atom is -0.497 e. The number of benzene rings is 2. The topological polar surface area (TPSA) is 71.7 Å². The van der Waals surface area contributed by atoms with Crippen molar-refractivity contribution in [2.75, 3.05) is 33.3 Å². The Bertz CT molecular complexity index is 1030. The molecule has 2 aromatic carbocycles. The minimum atomic E-state index is 0.0415. The Morgan fingerprint density at radius 3 is 2.45 bits per heavy atom. The zero-order valence-corrected chi connectivity index (χ0v) is 17.8. The molecular weight excluding hydrogens is 392 g/mol. The number of hydrogen-bond acceptors (Lipinski definition) is 6. The number of aryl methyl sites for hydroxylation is 1. The molecule has 0 atom stereocenters. The minimum absolute atomic E-state index is 0.0415. The molecular formula is C24H26N4O3. The van der Waals surface area contributed by atoms with Crippen molar-refractivity contribution in [2.24, 2.45) is 0 Å². The Morgan fingerprint density at radius 1 is 1.06 bits per heavy atom. The number of methoxy groups -OCH3 is 1. The second-order valence-corrected chi connectivity index (χ2v) is 7.59. The molecule has 0 aliphatic carbocycles. The van der Waals surface area contributed by atoms with Crippen LogP contribution in [0.4, 0.5) is 0 Å². The van der Waals surface area contributed by atoms with Crippen LogP contribution in [0, 0.1) is 6.92 Å². The maximum absolute atomic E-state index is 12.5. The molecule has 1 fully saturated rings. The van der Waals surface area contributed by atoms with Crippen LogP contribution in [0.15, 0.2) is 59.1 Å². The molecule has 0 radical (unpaired) electrons. The van der Waals surface area contributed by atoms with Gasteiger partial charge in [0.15, 0.2) is 0 Å². The van der Waals surface area contributed by atoms with Gasteiger partial charge < -0.3 is 14.2 Å². The van der Waals surface area contributed by atoms with Crippen LogP contribution < -0.4 is 4.74 Å². The van der Waals surface area contributed by atoms with Gasteiger partial charge in [0.1, 0.15) is 5.75 Å². The van der Waals surface area contributed by atoms with Crippen molar-refractivity contribution < 1.29 is 14.1 Å². The van der Waals surface area contributed by atoms with Crippen molar-refractivity contribution in [3.63, 3.8) is 0 Å². The van der Waals surface area contributed by atoms with Crippen LogP contribution in [-0.2, 0) is 11.3 Å². The lowest BCUT2D eigenvalue weighted by atomic mass is 10.1. The first kappa shape index (κ1) is 20.8. The summed E-state index contributed by atoms with van der Waals surface area (Å²) in [4.78, 5) is 21.1. The van der Waals surface area contributed by atoms with E-state index in [9.17, 15) is 4.79 Å². The summed E-state index contributed by atoms with van der Waals surface area (Å²) in [5.41, 5.74) is 3.12. The summed E-state index contributed by atoms with van der Waals surface area (Å²) in [5.74, 6) is 1.96. The second-order valence-electron chi connectivity index (χ2n) is 7.59. The summed E-state index contributed by atoms with van der Waals surface area (Å²) in [6, 6.07) is 15.7. The van der Waals surface area contributed by atoms with Gasteiger partial charge in [-0.25, -0.2) is 0 Å². The van der Waals surface area contributed by atoms with Crippen LogP contribution in [0.1, 0.15) is 17.0 Å². The van der Waals surface area contributed by atoms with Gasteiger partial charge in [0, 0.05) is 37.8 Å². The average Bonchev–Trinajstić information content (AvgIpc) is 3.27. The van der Waals surface area contributed by atoms with Crippen molar-refractivity contribution in [2.45, 2.75) is 13.5 Å². The normalized spacial score (nSPS) is 14.8. The van der Waals surface area contributed by atoms with E-state index in [1.807, 2.05) is 66.4 Å². The predicted octanol–water partition coefficient (Wildman–Crippen LogP) is 3.41. The molecule has 0 spiro atoms. The van der Waals surface area contributed by atoms with Gasteiger partial charge in [0.2, 0.25) is 17.6 Å². The number of hydrogen-bond donors (Lipinski definition) is 0. The summed E-state index contributed by atoms with van der Waals surface area (Å²) in [7, 11) is 1.63. The van der Waals surface area contributed by atoms with E-state index in [0.717, 1.165) is 30.0 Å². The largest absolute Gasteiger partial charge is 0.497 e. The van der Waals surface area contributed by atoms with E-state index in [2.05, 4.69) is 15.0 Å². The lowest BCUT2D eigenvalue weighted by Crippen LogP contribution is -2.47. The Balaban J connectivity index is 1.27. The van der Waals surface area contributed by atoms with Gasteiger partial charge in [-0.15, -0.1) is 0 Å². The third kappa shape index (κ3) is 5.38. The van der Waals surface area contributed by atoms with E-state index >= 15 is 0 Å². The summed E-state index contributed by atoms with van der Waals surface area (Å²) >= 11 is 0. The summed E-state index contributed by atoms with van der Waals surface area (Å²) in [5, 5.41) is 4.08. The predicted molar refractivity (Wildman–Crippen MR) is 118 cm³/mol. The summed E-state index contributed by atoms with van der Waals surface area (Å²) in [6.45, 7) is 5.51. The number of aromatic nitrogens is 2. The van der Waals surface area contributed by atoms with Crippen LogP contribution in [0.2, 0.25) is 0 Å². The zero-order valence-electron chi connectivity index (χ0n) is 17.8. The molecule has 1 saturated heterocycles. The van der Waals surface area contributed by atoms with Gasteiger partial charge in [0.25, 0.3) is 0 Å². The molecule has 3 aromatic rings. The van der Waals surface area contributed by atoms with Crippen molar-refractivity contribution >= 4 is 12.0 Å². The van der Waals surface area contributed by atoms with Crippen molar-refractivity contribution in [3.8, 4) is 17.1 Å². The van der Waals surface area contributed by atoms with Crippen molar-refractivity contribution in [3.05, 3.63) is 71.6 Å². The summed E-state index contributed by atoms with van der Waals surface area (Å²) < 4.78 is 10.6. The van der Waals surface area contributed by atoms with Gasteiger partial charge in [-0.1, -0.05) is 35.0 Å². The van der Waals surface area contributed by atoms with Crippen LogP contribution >= 0.6 is 0 Å². The first-order valence-electron chi connectivity index (χ1n) is 10.3. The van der Waals surface area contributed by atoms with Crippen molar-refractivity contribution in [1.29, 1.82) is 0 Å². The molecule has 160 valence electrons. The van der Waals surface area contributed by atoms with Crippen LogP contribution in [0.3, 0.4) is 0 Å². The van der Waals surface area contributed by atoms with Crippen LogP contribution in [-0.4, -0.2) is 59.1 Å². The number of piperazine rings is 1. The van der Waals surface area contributed by atoms with Crippen LogP contribution in [0.25, 0.3) is 17.5 Å². The molecule has 7 nitrogen and oxygen atoms in total. The van der Waals surface area contributed by atoms with E-state index in [0.29, 0.717) is 31.3 Å². The number of carbonyl (C=O) groups is 1. The fourth-order valence-electron chi connectivity index (χ4n) is 3.44. The summed E-state index contributed by atoms with van der Waals surface area (Å²) in [6.07, 6.45) is 3.52. The van der Waals surface area contributed by atoms with E-state index in [4.69, 9.17) is 9.26 Å². The molecule has 0 N–H and O–H groups in total. The van der Waals surface area contributed by atoms with Gasteiger partial charge in [0.05, 0.1) is 13.7 Å². The molecule has 7 heteroatoms. The second kappa shape index (κ2) is 9.57. The van der Waals surface area contributed by atoms with Gasteiger partial charge in [-0.2, -0.15) is 4.98 Å². The van der Waals surface area contributed by atoms with E-state index in [-0.39, 0.29) is 5.91 Å². The average molecular weight is 418 g/mol. The molecule has 1 aliphatic heterocycles. The third-order valence-electron chi connectivity index (χ3n) is 5.35. The first-order chi connectivity index (χ1) is 15.1. The fourth-order valence-corrected chi connectivity index (χ4v) is 3.44. The number of rotatable bonds is 6. The molecule has 1 aromatic heterocycles. The van der Waals surface area contributed by atoms with Crippen LogP contribution in [0.5, 0.6) is 5.75 Å². The zero-order chi connectivity index (χ0) is 21.6. The Morgan fingerprint density at radius 2 is 1.77 bits per heavy atom. The number of carbonyl (C=O) groups excluding carboxylic acids is 1.